The van der Waals surface area contributed by atoms with Crippen LogP contribution in [0.2, 0.25) is 5.02 Å². The van der Waals surface area contributed by atoms with Crippen LogP contribution >= 0.6 is 23.1 Å². The van der Waals surface area contributed by atoms with E-state index in [0.717, 1.165) is 41.8 Å². The smallest absolute Gasteiger partial charge is 0.224 e. The molecule has 1 amide bonds. The summed E-state index contributed by atoms with van der Waals surface area (Å²) in [5, 5.41) is 8.10. The number of rotatable bonds is 5. The number of anilines is 1. The highest BCUT2D eigenvalue weighted by Crippen LogP contribution is 2.29. The number of benzene rings is 1. The van der Waals surface area contributed by atoms with Crippen LogP contribution in [-0.2, 0) is 4.79 Å². The first kappa shape index (κ1) is 19.4. The lowest BCUT2D eigenvalue weighted by atomic mass is 9.93. The molecule has 1 fully saturated rings. The van der Waals surface area contributed by atoms with E-state index < -0.39 is 0 Å². The van der Waals surface area contributed by atoms with E-state index >= 15 is 0 Å². The van der Waals surface area contributed by atoms with Crippen LogP contribution in [0.4, 0.5) is 5.82 Å². The molecule has 1 aliphatic rings. The minimum atomic E-state index is 0.0851. The number of aromatic nitrogens is 1. The Morgan fingerprint density at radius 2 is 2.19 bits per heavy atom. The van der Waals surface area contributed by atoms with Crippen LogP contribution in [0.15, 0.2) is 18.2 Å². The molecule has 0 saturated carbocycles. The fraction of sp³-hybridized carbons (Fsp3) is 0.579. The molecule has 26 heavy (non-hydrogen) atoms. The molecule has 7 heteroatoms. The zero-order valence-corrected chi connectivity index (χ0v) is 17.2. The second-order valence-corrected chi connectivity index (χ2v) is 9.09. The van der Waals surface area contributed by atoms with Crippen LogP contribution in [0.1, 0.15) is 33.6 Å². The number of amides is 1. The summed E-state index contributed by atoms with van der Waals surface area (Å²) in [5.41, 5.74) is 0.119. The van der Waals surface area contributed by atoms with E-state index in [2.05, 4.69) is 40.7 Å². The van der Waals surface area contributed by atoms with Gasteiger partial charge in [-0.25, -0.2) is 0 Å². The van der Waals surface area contributed by atoms with Crippen LogP contribution in [0, 0.1) is 5.92 Å². The zero-order valence-electron chi connectivity index (χ0n) is 15.6. The summed E-state index contributed by atoms with van der Waals surface area (Å²) in [6.45, 7) is 9.79. The van der Waals surface area contributed by atoms with Gasteiger partial charge in [-0.05, 0) is 69.9 Å². The van der Waals surface area contributed by atoms with Crippen LogP contribution in [0.3, 0.4) is 0 Å². The number of halogens is 1. The number of piperidine rings is 1. The molecule has 1 atom stereocenters. The standard InChI is InChI=1S/C19H27ClN4OS/c1-19(2,3)24-10-4-5-13(12-24)18(25)22-9-8-21-17-15-11-14(20)6-7-16(15)26-23-17/h6-7,11,13H,4-5,8-10,12H2,1-3H3,(H,21,23)(H,22,25). The quantitative estimate of drug-likeness (QED) is 0.753. The van der Waals surface area contributed by atoms with Crippen molar-refractivity contribution < 1.29 is 4.79 Å². The Balaban J connectivity index is 1.47. The van der Waals surface area contributed by atoms with Crippen LogP contribution in [0.25, 0.3) is 10.1 Å². The molecule has 2 aromatic rings. The third kappa shape index (κ3) is 4.67. The van der Waals surface area contributed by atoms with Gasteiger partial charge in [-0.15, -0.1) is 0 Å². The molecule has 1 unspecified atom stereocenters. The van der Waals surface area contributed by atoms with Gasteiger partial charge in [0.1, 0.15) is 5.82 Å². The van der Waals surface area contributed by atoms with Crippen molar-refractivity contribution in [1.29, 1.82) is 0 Å². The van der Waals surface area contributed by atoms with Gasteiger partial charge in [-0.1, -0.05) is 11.6 Å². The summed E-state index contributed by atoms with van der Waals surface area (Å²) in [4.78, 5) is 14.9. The Bertz CT molecular complexity index is 770. The Hall–Kier alpha value is -1.37. The summed E-state index contributed by atoms with van der Waals surface area (Å²) in [7, 11) is 0. The number of hydrogen-bond acceptors (Lipinski definition) is 5. The van der Waals surface area contributed by atoms with Crippen molar-refractivity contribution in [3.05, 3.63) is 23.2 Å². The number of likely N-dealkylation sites (tertiary alicyclic amines) is 1. The van der Waals surface area contributed by atoms with E-state index in [1.165, 1.54) is 11.5 Å². The first-order valence-corrected chi connectivity index (χ1v) is 10.3. The predicted octanol–water partition coefficient (Wildman–Crippen LogP) is 3.99. The van der Waals surface area contributed by atoms with Crippen molar-refractivity contribution >= 4 is 44.9 Å². The van der Waals surface area contributed by atoms with Crippen LogP contribution < -0.4 is 10.6 Å². The molecule has 2 N–H and O–H groups in total. The lowest BCUT2D eigenvalue weighted by Crippen LogP contribution is -2.50. The number of nitrogens with zero attached hydrogens (tertiary/aromatic N) is 2. The van der Waals surface area contributed by atoms with Gasteiger partial charge in [0.05, 0.1) is 10.6 Å². The minimum absolute atomic E-state index is 0.0851. The summed E-state index contributed by atoms with van der Waals surface area (Å²) in [5.74, 6) is 1.08. The van der Waals surface area contributed by atoms with Gasteiger partial charge in [-0.3, -0.25) is 9.69 Å². The molecule has 2 heterocycles. The summed E-state index contributed by atoms with van der Waals surface area (Å²) < 4.78 is 5.53. The van der Waals surface area contributed by atoms with Gasteiger partial charge in [0.25, 0.3) is 0 Å². The average Bonchev–Trinajstić information content (AvgIpc) is 3.00. The van der Waals surface area contributed by atoms with E-state index in [1.807, 2.05) is 18.2 Å². The molecule has 0 radical (unpaired) electrons. The fourth-order valence-corrected chi connectivity index (χ4v) is 4.26. The lowest BCUT2D eigenvalue weighted by molar-refractivity contribution is -0.127. The topological polar surface area (TPSA) is 57.3 Å². The van der Waals surface area contributed by atoms with Crippen LogP contribution in [-0.4, -0.2) is 46.9 Å². The minimum Gasteiger partial charge on any atom is -0.367 e. The number of carbonyl (C=O) groups is 1. The molecule has 0 spiro atoms. The molecule has 5 nitrogen and oxygen atoms in total. The third-order valence-corrected chi connectivity index (χ3v) is 5.95. The van der Waals surface area contributed by atoms with Crippen molar-refractivity contribution in [1.82, 2.24) is 14.6 Å². The van der Waals surface area contributed by atoms with Gasteiger partial charge in [0, 0.05) is 35.6 Å². The van der Waals surface area contributed by atoms with Crippen molar-refractivity contribution in [2.75, 3.05) is 31.5 Å². The van der Waals surface area contributed by atoms with Crippen molar-refractivity contribution in [3.63, 3.8) is 0 Å². The maximum atomic E-state index is 12.5. The van der Waals surface area contributed by atoms with Gasteiger partial charge in [0.2, 0.25) is 5.91 Å². The molecule has 3 rings (SSSR count). The van der Waals surface area contributed by atoms with E-state index in [-0.39, 0.29) is 17.4 Å². The Morgan fingerprint density at radius 3 is 2.96 bits per heavy atom. The highest BCUT2D eigenvalue weighted by molar-refractivity contribution is 7.13. The van der Waals surface area contributed by atoms with E-state index in [9.17, 15) is 4.79 Å². The molecule has 0 bridgehead atoms. The second-order valence-electron chi connectivity index (χ2n) is 7.85. The molecule has 142 valence electrons. The lowest BCUT2D eigenvalue weighted by Gasteiger charge is -2.41. The van der Waals surface area contributed by atoms with Gasteiger partial charge in [0.15, 0.2) is 0 Å². The highest BCUT2D eigenvalue weighted by atomic mass is 35.5. The predicted molar refractivity (Wildman–Crippen MR) is 110 cm³/mol. The number of hydrogen-bond donors (Lipinski definition) is 2. The molecular formula is C19H27ClN4OS. The maximum Gasteiger partial charge on any atom is 0.224 e. The molecule has 0 aliphatic carbocycles. The first-order chi connectivity index (χ1) is 12.3. The maximum absolute atomic E-state index is 12.5. The number of nitrogens with one attached hydrogen (secondary N) is 2. The summed E-state index contributed by atoms with van der Waals surface area (Å²) >= 11 is 7.52. The number of fused-ring (bicyclic) bond motifs is 1. The number of carbonyl (C=O) groups excluding carboxylic acids is 1. The SMILES string of the molecule is CC(C)(C)N1CCCC(C(=O)NCCNc2nsc3ccc(Cl)cc23)C1. The van der Waals surface area contributed by atoms with Gasteiger partial charge >= 0.3 is 0 Å². The molecule has 1 saturated heterocycles. The first-order valence-electron chi connectivity index (χ1n) is 9.16. The fourth-order valence-electron chi connectivity index (χ4n) is 3.35. The normalized spacial score (nSPS) is 18.8. The molecule has 1 aliphatic heterocycles. The van der Waals surface area contributed by atoms with Crippen molar-refractivity contribution in [3.8, 4) is 0 Å². The van der Waals surface area contributed by atoms with E-state index in [1.54, 1.807) is 0 Å². The second kappa shape index (κ2) is 8.11. The summed E-state index contributed by atoms with van der Waals surface area (Å²) in [6, 6.07) is 5.77. The Morgan fingerprint density at radius 1 is 1.38 bits per heavy atom. The molecule has 1 aromatic carbocycles. The van der Waals surface area contributed by atoms with Crippen LogP contribution in [0.5, 0.6) is 0 Å². The summed E-state index contributed by atoms with van der Waals surface area (Å²) in [6.07, 6.45) is 2.06. The van der Waals surface area contributed by atoms with Crippen molar-refractivity contribution in [2.45, 2.75) is 39.2 Å². The largest absolute Gasteiger partial charge is 0.367 e. The molecular weight excluding hydrogens is 368 g/mol. The monoisotopic (exact) mass is 394 g/mol. The highest BCUT2D eigenvalue weighted by Gasteiger charge is 2.31. The van der Waals surface area contributed by atoms with Gasteiger partial charge < -0.3 is 10.6 Å². The Labute approximate surface area is 164 Å². The molecule has 1 aromatic heterocycles. The van der Waals surface area contributed by atoms with Crippen molar-refractivity contribution in [2.24, 2.45) is 5.92 Å². The van der Waals surface area contributed by atoms with E-state index in [0.29, 0.717) is 18.1 Å². The average molecular weight is 395 g/mol. The van der Waals surface area contributed by atoms with Gasteiger partial charge in [-0.2, -0.15) is 4.37 Å². The Kier molecular flexibility index (Phi) is 6.05. The third-order valence-electron chi connectivity index (χ3n) is 4.89. The van der Waals surface area contributed by atoms with E-state index in [4.69, 9.17) is 11.6 Å². The zero-order chi connectivity index (χ0) is 18.7.